The first-order valence-electron chi connectivity index (χ1n) is 9.00. The predicted molar refractivity (Wildman–Crippen MR) is 93.4 cm³/mol. The number of aryl methyl sites for hydroxylation is 1. The van der Waals surface area contributed by atoms with E-state index < -0.39 is 0 Å². The fourth-order valence-electron chi connectivity index (χ4n) is 3.34. The number of amides is 2. The third-order valence-corrected chi connectivity index (χ3v) is 4.81. The Labute approximate surface area is 148 Å². The van der Waals surface area contributed by atoms with Gasteiger partial charge in [-0.1, -0.05) is 17.7 Å². The first-order chi connectivity index (χ1) is 12.1. The standard InChI is InChI=1S/C19H26N2O4/c1-15-5-7-16(8-6-15)25-14-18(22)21-9-3-2-4-17(21)19(23)20-10-12-24-13-11-20/h5-8,17H,2-4,9-14H2,1H3/t17-/m1/s1. The topological polar surface area (TPSA) is 59.1 Å². The summed E-state index contributed by atoms with van der Waals surface area (Å²) in [6.07, 6.45) is 2.64. The van der Waals surface area contributed by atoms with Crippen molar-refractivity contribution in [3.8, 4) is 5.75 Å². The van der Waals surface area contributed by atoms with Crippen molar-refractivity contribution in [2.24, 2.45) is 0 Å². The second-order valence-electron chi connectivity index (χ2n) is 6.64. The Balaban J connectivity index is 1.60. The van der Waals surface area contributed by atoms with Crippen LogP contribution in [0.3, 0.4) is 0 Å². The van der Waals surface area contributed by atoms with E-state index in [4.69, 9.17) is 9.47 Å². The summed E-state index contributed by atoms with van der Waals surface area (Å²) in [6, 6.07) is 7.25. The molecule has 2 aliphatic rings. The zero-order chi connectivity index (χ0) is 17.6. The molecule has 0 saturated carbocycles. The fourth-order valence-corrected chi connectivity index (χ4v) is 3.34. The number of rotatable bonds is 4. The summed E-state index contributed by atoms with van der Waals surface area (Å²) in [4.78, 5) is 29.0. The molecule has 1 atom stereocenters. The first kappa shape index (κ1) is 17.7. The zero-order valence-electron chi connectivity index (χ0n) is 14.8. The lowest BCUT2D eigenvalue weighted by Gasteiger charge is -2.38. The summed E-state index contributed by atoms with van der Waals surface area (Å²) in [6.45, 7) is 4.96. The van der Waals surface area contributed by atoms with Crippen LogP contribution in [0.15, 0.2) is 24.3 Å². The number of benzene rings is 1. The van der Waals surface area contributed by atoms with E-state index in [1.165, 1.54) is 0 Å². The van der Waals surface area contributed by atoms with Gasteiger partial charge in [-0.05, 0) is 38.3 Å². The number of carbonyl (C=O) groups is 2. The summed E-state index contributed by atoms with van der Waals surface area (Å²) in [5.41, 5.74) is 1.14. The highest BCUT2D eigenvalue weighted by atomic mass is 16.5. The molecule has 0 N–H and O–H groups in total. The van der Waals surface area contributed by atoms with Crippen molar-refractivity contribution in [2.75, 3.05) is 39.5 Å². The Morgan fingerprint density at radius 2 is 1.84 bits per heavy atom. The zero-order valence-corrected chi connectivity index (χ0v) is 14.8. The van der Waals surface area contributed by atoms with Crippen LogP contribution in [0.2, 0.25) is 0 Å². The van der Waals surface area contributed by atoms with E-state index in [9.17, 15) is 9.59 Å². The van der Waals surface area contributed by atoms with E-state index in [1.807, 2.05) is 36.1 Å². The molecule has 6 heteroatoms. The Hall–Kier alpha value is -2.08. The highest BCUT2D eigenvalue weighted by molar-refractivity contribution is 5.88. The van der Waals surface area contributed by atoms with Crippen LogP contribution in [-0.2, 0) is 14.3 Å². The molecule has 2 amide bonds. The van der Waals surface area contributed by atoms with Gasteiger partial charge in [0.2, 0.25) is 5.91 Å². The maximum absolute atomic E-state index is 12.8. The molecule has 2 heterocycles. The van der Waals surface area contributed by atoms with E-state index in [0.29, 0.717) is 38.6 Å². The molecule has 25 heavy (non-hydrogen) atoms. The Morgan fingerprint density at radius 1 is 1.12 bits per heavy atom. The molecule has 6 nitrogen and oxygen atoms in total. The number of hydrogen-bond acceptors (Lipinski definition) is 4. The normalized spacial score (nSPS) is 21.1. The minimum Gasteiger partial charge on any atom is -0.484 e. The molecule has 2 fully saturated rings. The fraction of sp³-hybridized carbons (Fsp3) is 0.579. The second-order valence-corrected chi connectivity index (χ2v) is 6.64. The van der Waals surface area contributed by atoms with Crippen molar-refractivity contribution >= 4 is 11.8 Å². The molecule has 2 saturated heterocycles. The SMILES string of the molecule is Cc1ccc(OCC(=O)N2CCCC[C@@H]2C(=O)N2CCOCC2)cc1. The van der Waals surface area contributed by atoms with Crippen molar-refractivity contribution in [1.82, 2.24) is 9.80 Å². The van der Waals surface area contributed by atoms with E-state index >= 15 is 0 Å². The predicted octanol–water partition coefficient (Wildman–Crippen LogP) is 1.61. The van der Waals surface area contributed by atoms with Crippen LogP contribution in [0.4, 0.5) is 0 Å². The van der Waals surface area contributed by atoms with Gasteiger partial charge < -0.3 is 19.3 Å². The lowest BCUT2D eigenvalue weighted by atomic mass is 10.0. The molecule has 3 rings (SSSR count). The number of nitrogens with zero attached hydrogens (tertiary/aromatic N) is 2. The second kappa shape index (κ2) is 8.34. The average molecular weight is 346 g/mol. The molecule has 0 aromatic heterocycles. The summed E-state index contributed by atoms with van der Waals surface area (Å²) in [5, 5.41) is 0. The summed E-state index contributed by atoms with van der Waals surface area (Å²) >= 11 is 0. The van der Waals surface area contributed by atoms with Gasteiger partial charge in [0.05, 0.1) is 13.2 Å². The summed E-state index contributed by atoms with van der Waals surface area (Å²) < 4.78 is 10.9. The van der Waals surface area contributed by atoms with Gasteiger partial charge in [-0.3, -0.25) is 9.59 Å². The maximum Gasteiger partial charge on any atom is 0.261 e. The van der Waals surface area contributed by atoms with Crippen molar-refractivity contribution in [3.63, 3.8) is 0 Å². The van der Waals surface area contributed by atoms with E-state index in [0.717, 1.165) is 24.8 Å². The smallest absolute Gasteiger partial charge is 0.261 e. The molecule has 136 valence electrons. The van der Waals surface area contributed by atoms with Crippen molar-refractivity contribution in [2.45, 2.75) is 32.2 Å². The molecule has 2 aliphatic heterocycles. The number of hydrogen-bond donors (Lipinski definition) is 0. The Morgan fingerprint density at radius 3 is 2.56 bits per heavy atom. The summed E-state index contributed by atoms with van der Waals surface area (Å²) in [5.74, 6) is 0.602. The molecule has 0 unspecified atom stereocenters. The van der Waals surface area contributed by atoms with Crippen LogP contribution in [0.5, 0.6) is 5.75 Å². The quantitative estimate of drug-likeness (QED) is 0.831. The third-order valence-electron chi connectivity index (χ3n) is 4.81. The van der Waals surface area contributed by atoms with Crippen LogP contribution in [0.25, 0.3) is 0 Å². The number of morpholine rings is 1. The molecular weight excluding hydrogens is 320 g/mol. The number of likely N-dealkylation sites (tertiary alicyclic amines) is 1. The molecule has 0 aliphatic carbocycles. The van der Waals surface area contributed by atoms with Gasteiger partial charge >= 0.3 is 0 Å². The van der Waals surface area contributed by atoms with E-state index in [2.05, 4.69) is 0 Å². The van der Waals surface area contributed by atoms with Crippen molar-refractivity contribution in [3.05, 3.63) is 29.8 Å². The van der Waals surface area contributed by atoms with Crippen LogP contribution >= 0.6 is 0 Å². The van der Waals surface area contributed by atoms with Crippen molar-refractivity contribution < 1.29 is 19.1 Å². The van der Waals surface area contributed by atoms with Gasteiger partial charge in [0, 0.05) is 19.6 Å². The van der Waals surface area contributed by atoms with Crippen molar-refractivity contribution in [1.29, 1.82) is 0 Å². The lowest BCUT2D eigenvalue weighted by Crippen LogP contribution is -2.55. The molecule has 1 aromatic carbocycles. The van der Waals surface area contributed by atoms with Gasteiger partial charge in [-0.25, -0.2) is 0 Å². The van der Waals surface area contributed by atoms with Gasteiger partial charge in [0.15, 0.2) is 6.61 Å². The van der Waals surface area contributed by atoms with E-state index in [-0.39, 0.29) is 24.5 Å². The van der Waals surface area contributed by atoms with Gasteiger partial charge in [-0.15, -0.1) is 0 Å². The van der Waals surface area contributed by atoms with Crippen LogP contribution < -0.4 is 4.74 Å². The third kappa shape index (κ3) is 4.51. The molecule has 0 bridgehead atoms. The average Bonchev–Trinajstić information content (AvgIpc) is 2.67. The van der Waals surface area contributed by atoms with E-state index in [1.54, 1.807) is 4.90 Å². The molecule has 0 radical (unpaired) electrons. The maximum atomic E-state index is 12.8. The monoisotopic (exact) mass is 346 g/mol. The Kier molecular flexibility index (Phi) is 5.91. The van der Waals surface area contributed by atoms with Gasteiger partial charge in [0.1, 0.15) is 11.8 Å². The number of ether oxygens (including phenoxy) is 2. The van der Waals surface area contributed by atoms with Gasteiger partial charge in [-0.2, -0.15) is 0 Å². The summed E-state index contributed by atoms with van der Waals surface area (Å²) in [7, 11) is 0. The van der Waals surface area contributed by atoms with Crippen LogP contribution in [0.1, 0.15) is 24.8 Å². The number of carbonyl (C=O) groups excluding carboxylic acids is 2. The molecule has 0 spiro atoms. The van der Waals surface area contributed by atoms with Crippen LogP contribution in [-0.4, -0.2) is 67.1 Å². The molecular formula is C19H26N2O4. The minimum atomic E-state index is -0.360. The Bertz CT molecular complexity index is 596. The highest BCUT2D eigenvalue weighted by Gasteiger charge is 2.35. The minimum absolute atomic E-state index is 0.0318. The van der Waals surface area contributed by atoms with Crippen LogP contribution in [0, 0.1) is 6.92 Å². The largest absolute Gasteiger partial charge is 0.484 e. The first-order valence-corrected chi connectivity index (χ1v) is 9.00. The lowest BCUT2D eigenvalue weighted by molar-refractivity contribution is -0.151. The number of piperidine rings is 1. The van der Waals surface area contributed by atoms with Gasteiger partial charge in [0.25, 0.3) is 5.91 Å². The highest BCUT2D eigenvalue weighted by Crippen LogP contribution is 2.20. The molecule has 1 aromatic rings.